The molecule has 0 aliphatic heterocycles. The summed E-state index contributed by atoms with van der Waals surface area (Å²) in [6.45, 7) is 0. The van der Waals surface area contributed by atoms with E-state index in [2.05, 4.69) is 15.0 Å². The molecule has 1 heterocycles. The maximum absolute atomic E-state index is 11.8. The van der Waals surface area contributed by atoms with Crippen LogP contribution in [0.25, 0.3) is 0 Å². The summed E-state index contributed by atoms with van der Waals surface area (Å²) in [4.78, 5) is 0. The molecule has 0 aromatic carbocycles. The predicted octanol–water partition coefficient (Wildman–Crippen LogP) is -1.70. The summed E-state index contributed by atoms with van der Waals surface area (Å²) >= 11 is 0. The number of nitrogens with two attached hydrogens (primary N) is 1. The van der Waals surface area contributed by atoms with Crippen molar-refractivity contribution in [2.24, 2.45) is 17.9 Å². The lowest BCUT2D eigenvalue weighted by molar-refractivity contribution is 0.318. The van der Waals surface area contributed by atoms with Crippen LogP contribution in [-0.2, 0) is 26.9 Å². The fourth-order valence-corrected chi connectivity index (χ4v) is 3.99. The highest BCUT2D eigenvalue weighted by Gasteiger charge is 2.20. The van der Waals surface area contributed by atoms with Crippen LogP contribution in [0.15, 0.2) is 11.4 Å². The molecule has 10 nitrogen and oxygen atoms in total. The van der Waals surface area contributed by atoms with Gasteiger partial charge in [0.1, 0.15) is 15.7 Å². The molecule has 1 aromatic heterocycles. The van der Waals surface area contributed by atoms with E-state index >= 15 is 0 Å². The molecular formula is C8H15N5O5S2. The average Bonchev–Trinajstić information content (AvgIpc) is 2.67. The van der Waals surface area contributed by atoms with E-state index in [1.807, 2.05) is 0 Å². The molecule has 114 valence electrons. The van der Waals surface area contributed by atoms with Crippen LogP contribution in [0.1, 0.15) is 5.56 Å². The topological polar surface area (TPSA) is 157 Å². The quantitative estimate of drug-likeness (QED) is 0.243. The summed E-state index contributed by atoms with van der Waals surface area (Å²) in [6.07, 6.45) is 2.15. The van der Waals surface area contributed by atoms with E-state index in [0.717, 1.165) is 6.26 Å². The number of nitrogens with zero attached hydrogens (tertiary/aromatic N) is 3. The fraction of sp³-hybridized carbons (Fsp3) is 0.500. The van der Waals surface area contributed by atoms with Crippen molar-refractivity contribution < 1.29 is 22.0 Å². The van der Waals surface area contributed by atoms with Gasteiger partial charge in [-0.2, -0.15) is 5.10 Å². The molecule has 0 spiro atoms. The molecule has 0 bridgehead atoms. The van der Waals surface area contributed by atoms with Crippen molar-refractivity contribution in [3.63, 3.8) is 0 Å². The summed E-state index contributed by atoms with van der Waals surface area (Å²) < 4.78 is 48.9. The van der Waals surface area contributed by atoms with Crippen LogP contribution in [0.2, 0.25) is 0 Å². The first kappa shape index (κ1) is 16.2. The summed E-state index contributed by atoms with van der Waals surface area (Å²) in [5, 5.41) is 15.1. The van der Waals surface area contributed by atoms with E-state index in [1.54, 1.807) is 0 Å². The van der Waals surface area contributed by atoms with Crippen LogP contribution in [-0.4, -0.2) is 55.4 Å². The Morgan fingerprint density at radius 3 is 2.55 bits per heavy atom. The highest BCUT2D eigenvalue weighted by molar-refractivity contribution is 7.95. The van der Waals surface area contributed by atoms with Crippen molar-refractivity contribution in [1.29, 1.82) is 0 Å². The second kappa shape index (κ2) is 5.66. The lowest BCUT2D eigenvalue weighted by Crippen LogP contribution is -2.25. The fourth-order valence-electron chi connectivity index (χ4n) is 1.26. The summed E-state index contributed by atoms with van der Waals surface area (Å²) in [5.74, 6) is -1.46. The number of sulfone groups is 1. The Balaban J connectivity index is 3.01. The third-order valence-corrected chi connectivity index (χ3v) is 4.75. The van der Waals surface area contributed by atoms with E-state index in [1.165, 1.54) is 17.9 Å². The van der Waals surface area contributed by atoms with Crippen molar-refractivity contribution in [3.8, 4) is 0 Å². The predicted molar refractivity (Wildman–Crippen MR) is 72.8 cm³/mol. The van der Waals surface area contributed by atoms with Gasteiger partial charge in [-0.15, -0.1) is 0 Å². The van der Waals surface area contributed by atoms with Gasteiger partial charge in [0, 0.05) is 13.3 Å². The van der Waals surface area contributed by atoms with Gasteiger partial charge >= 0.3 is 0 Å². The standard InChI is InChI=1S/C8H15N5O5S2/c1-13-8(6(5-10-13)7(9)11-14)12-20(17,18)4-3-19(2,15)16/h5,12,14H,3-4H2,1-2H3,(H2,9,11). The lowest BCUT2D eigenvalue weighted by Gasteiger charge is -2.09. The number of nitrogens with one attached hydrogen (secondary N) is 1. The number of hydrogen-bond donors (Lipinski definition) is 3. The first-order valence-electron chi connectivity index (χ1n) is 5.24. The van der Waals surface area contributed by atoms with Gasteiger partial charge in [-0.3, -0.25) is 9.40 Å². The SMILES string of the molecule is Cn1ncc(C(N)=NO)c1NS(=O)(=O)CCS(C)(=O)=O. The second-order valence-corrected chi connectivity index (χ2v) is 8.17. The third kappa shape index (κ3) is 4.38. The minimum Gasteiger partial charge on any atom is -0.409 e. The van der Waals surface area contributed by atoms with Gasteiger partial charge < -0.3 is 10.9 Å². The Bertz CT molecular complexity index is 718. The van der Waals surface area contributed by atoms with Gasteiger partial charge in [0.15, 0.2) is 5.84 Å². The molecule has 20 heavy (non-hydrogen) atoms. The molecule has 0 aliphatic rings. The van der Waals surface area contributed by atoms with Crippen molar-refractivity contribution >= 4 is 31.5 Å². The number of hydrogen-bond acceptors (Lipinski definition) is 7. The second-order valence-electron chi connectivity index (χ2n) is 4.07. The zero-order valence-electron chi connectivity index (χ0n) is 10.8. The van der Waals surface area contributed by atoms with Gasteiger partial charge in [0.05, 0.1) is 23.3 Å². The van der Waals surface area contributed by atoms with E-state index in [4.69, 9.17) is 10.9 Å². The summed E-state index contributed by atoms with van der Waals surface area (Å²) in [7, 11) is -5.87. The minimum atomic E-state index is -3.91. The molecule has 0 fully saturated rings. The van der Waals surface area contributed by atoms with Crippen molar-refractivity contribution in [3.05, 3.63) is 11.8 Å². The zero-order valence-corrected chi connectivity index (χ0v) is 12.4. The zero-order chi connectivity index (χ0) is 15.6. The molecule has 0 saturated heterocycles. The Morgan fingerprint density at radius 1 is 1.45 bits per heavy atom. The molecule has 0 radical (unpaired) electrons. The molecule has 0 unspecified atom stereocenters. The molecule has 1 aromatic rings. The van der Waals surface area contributed by atoms with Crippen LogP contribution in [0, 0.1) is 0 Å². The minimum absolute atomic E-state index is 0.0196. The molecule has 12 heteroatoms. The number of aryl methyl sites for hydroxylation is 1. The van der Waals surface area contributed by atoms with Gasteiger partial charge in [-0.1, -0.05) is 5.16 Å². The number of amidine groups is 1. The van der Waals surface area contributed by atoms with E-state index < -0.39 is 31.4 Å². The molecule has 4 N–H and O–H groups in total. The van der Waals surface area contributed by atoms with E-state index in [0.29, 0.717) is 0 Å². The Hall–Kier alpha value is -1.82. The molecule has 0 saturated carbocycles. The highest BCUT2D eigenvalue weighted by atomic mass is 32.2. The van der Waals surface area contributed by atoms with Crippen molar-refractivity contribution in [2.45, 2.75) is 0 Å². The molecule has 0 amide bonds. The van der Waals surface area contributed by atoms with Crippen molar-refractivity contribution in [2.75, 3.05) is 22.5 Å². The van der Waals surface area contributed by atoms with E-state index in [9.17, 15) is 16.8 Å². The molecule has 0 aliphatic carbocycles. The molecular weight excluding hydrogens is 310 g/mol. The van der Waals surface area contributed by atoms with Crippen molar-refractivity contribution in [1.82, 2.24) is 9.78 Å². The van der Waals surface area contributed by atoms with Crippen LogP contribution < -0.4 is 10.5 Å². The smallest absolute Gasteiger partial charge is 0.234 e. The molecule has 0 atom stereocenters. The normalized spacial score (nSPS) is 13.4. The number of sulfonamides is 1. The Kier molecular flexibility index (Phi) is 4.60. The number of oxime groups is 1. The third-order valence-electron chi connectivity index (χ3n) is 2.30. The van der Waals surface area contributed by atoms with Gasteiger partial charge in [-0.05, 0) is 0 Å². The summed E-state index contributed by atoms with van der Waals surface area (Å²) in [6, 6.07) is 0. The summed E-state index contributed by atoms with van der Waals surface area (Å²) in [5.41, 5.74) is 5.47. The van der Waals surface area contributed by atoms with Gasteiger partial charge in [0.2, 0.25) is 10.0 Å². The van der Waals surface area contributed by atoms with Gasteiger partial charge in [0.25, 0.3) is 0 Å². The largest absolute Gasteiger partial charge is 0.409 e. The van der Waals surface area contributed by atoms with Crippen LogP contribution >= 0.6 is 0 Å². The first-order chi connectivity index (χ1) is 9.06. The maximum Gasteiger partial charge on any atom is 0.234 e. The van der Waals surface area contributed by atoms with Gasteiger partial charge in [-0.25, -0.2) is 16.8 Å². The average molecular weight is 325 g/mol. The number of rotatable bonds is 6. The van der Waals surface area contributed by atoms with E-state index in [-0.39, 0.29) is 17.2 Å². The Morgan fingerprint density at radius 2 is 2.05 bits per heavy atom. The maximum atomic E-state index is 11.8. The van der Waals surface area contributed by atoms with Crippen LogP contribution in [0.4, 0.5) is 5.82 Å². The lowest BCUT2D eigenvalue weighted by atomic mass is 10.3. The number of aromatic nitrogens is 2. The monoisotopic (exact) mass is 325 g/mol. The first-order valence-corrected chi connectivity index (χ1v) is 8.95. The van der Waals surface area contributed by atoms with Crippen LogP contribution in [0.5, 0.6) is 0 Å². The van der Waals surface area contributed by atoms with Crippen LogP contribution in [0.3, 0.4) is 0 Å². The number of anilines is 1. The molecule has 1 rings (SSSR count). The Labute approximate surface area is 116 Å². The highest BCUT2D eigenvalue weighted by Crippen LogP contribution is 2.15.